The van der Waals surface area contributed by atoms with E-state index >= 15 is 0 Å². The van der Waals surface area contributed by atoms with Crippen LogP contribution in [0.5, 0.6) is 0 Å². The summed E-state index contributed by atoms with van der Waals surface area (Å²) < 4.78 is 39.3. The Kier molecular flexibility index (Phi) is 7.59. The fourth-order valence-electron chi connectivity index (χ4n) is 2.01. The first-order valence-electron chi connectivity index (χ1n) is 7.30. The zero-order chi connectivity index (χ0) is 14.8. The van der Waals surface area contributed by atoms with Gasteiger partial charge in [-0.1, -0.05) is 57.6 Å². The van der Waals surface area contributed by atoms with Crippen molar-refractivity contribution in [3.8, 4) is 0 Å². The second-order valence-electron chi connectivity index (χ2n) is 5.02. The normalized spacial score (nSPS) is 11.5. The monoisotopic (exact) mass is 301 g/mol. The van der Waals surface area contributed by atoms with Crippen LogP contribution in [0.15, 0.2) is 24.3 Å². The van der Waals surface area contributed by atoms with Crippen molar-refractivity contribution in [2.75, 3.05) is 10.5 Å². The highest BCUT2D eigenvalue weighted by Gasteiger charge is 2.12. The Labute approximate surface area is 121 Å². The van der Waals surface area contributed by atoms with Crippen molar-refractivity contribution in [2.24, 2.45) is 0 Å². The molecule has 0 fully saturated rings. The summed E-state index contributed by atoms with van der Waals surface area (Å²) in [6.45, 7) is 2.17. The van der Waals surface area contributed by atoms with Crippen LogP contribution in [-0.2, 0) is 10.0 Å². The van der Waals surface area contributed by atoms with Gasteiger partial charge in [-0.05, 0) is 18.6 Å². The van der Waals surface area contributed by atoms with Crippen LogP contribution in [0, 0.1) is 5.82 Å². The van der Waals surface area contributed by atoms with Gasteiger partial charge in [-0.2, -0.15) is 0 Å². The van der Waals surface area contributed by atoms with Gasteiger partial charge < -0.3 is 0 Å². The van der Waals surface area contributed by atoms with E-state index in [4.69, 9.17) is 0 Å². The molecular weight excluding hydrogens is 277 g/mol. The van der Waals surface area contributed by atoms with E-state index in [2.05, 4.69) is 11.6 Å². The summed E-state index contributed by atoms with van der Waals surface area (Å²) in [5.74, 6) is -0.495. The second-order valence-corrected chi connectivity index (χ2v) is 6.86. The molecule has 114 valence electrons. The quantitative estimate of drug-likeness (QED) is 0.654. The molecule has 20 heavy (non-hydrogen) atoms. The van der Waals surface area contributed by atoms with E-state index in [1.54, 1.807) is 6.07 Å². The maximum Gasteiger partial charge on any atom is 0.232 e. The van der Waals surface area contributed by atoms with Crippen LogP contribution in [0.2, 0.25) is 0 Å². The zero-order valence-corrected chi connectivity index (χ0v) is 12.9. The maximum absolute atomic E-state index is 13.4. The molecule has 0 unspecified atom stereocenters. The molecule has 1 rings (SSSR count). The average molecular weight is 301 g/mol. The predicted molar refractivity (Wildman–Crippen MR) is 81.8 cm³/mol. The van der Waals surface area contributed by atoms with E-state index < -0.39 is 15.8 Å². The number of nitrogens with one attached hydrogen (secondary N) is 1. The lowest BCUT2D eigenvalue weighted by molar-refractivity contribution is 0.581. The summed E-state index contributed by atoms with van der Waals surface area (Å²) in [6, 6.07) is 5.81. The fraction of sp³-hybridized carbons (Fsp3) is 0.600. The van der Waals surface area contributed by atoms with E-state index in [1.165, 1.54) is 37.5 Å². The van der Waals surface area contributed by atoms with Crippen LogP contribution in [-0.4, -0.2) is 14.2 Å². The second kappa shape index (κ2) is 8.95. The van der Waals surface area contributed by atoms with Crippen molar-refractivity contribution in [3.05, 3.63) is 30.1 Å². The van der Waals surface area contributed by atoms with Crippen molar-refractivity contribution in [3.63, 3.8) is 0 Å². The zero-order valence-electron chi connectivity index (χ0n) is 12.1. The summed E-state index contributed by atoms with van der Waals surface area (Å²) in [5.41, 5.74) is 0.0236. The highest BCUT2D eigenvalue weighted by molar-refractivity contribution is 7.92. The van der Waals surface area contributed by atoms with E-state index in [0.717, 1.165) is 19.3 Å². The lowest BCUT2D eigenvalue weighted by Crippen LogP contribution is -2.17. The fourth-order valence-corrected chi connectivity index (χ4v) is 3.20. The highest BCUT2D eigenvalue weighted by Crippen LogP contribution is 2.15. The molecule has 1 aromatic rings. The Morgan fingerprint density at radius 2 is 1.60 bits per heavy atom. The third kappa shape index (κ3) is 6.89. The molecule has 3 nitrogen and oxygen atoms in total. The van der Waals surface area contributed by atoms with Crippen molar-refractivity contribution >= 4 is 15.7 Å². The molecule has 0 heterocycles. The molecule has 0 aliphatic rings. The minimum atomic E-state index is -3.44. The summed E-state index contributed by atoms with van der Waals surface area (Å²) in [7, 11) is -3.44. The Balaban J connectivity index is 2.27. The van der Waals surface area contributed by atoms with E-state index in [1.807, 2.05) is 0 Å². The molecule has 0 bridgehead atoms. The molecule has 5 heteroatoms. The van der Waals surface area contributed by atoms with Gasteiger partial charge in [0.05, 0.1) is 11.4 Å². The summed E-state index contributed by atoms with van der Waals surface area (Å²) >= 11 is 0. The number of anilines is 1. The molecule has 0 amide bonds. The number of unbranched alkanes of at least 4 members (excludes halogenated alkanes) is 6. The van der Waals surface area contributed by atoms with Gasteiger partial charge in [0, 0.05) is 0 Å². The van der Waals surface area contributed by atoms with Crippen molar-refractivity contribution in [1.82, 2.24) is 0 Å². The molecule has 0 aliphatic heterocycles. The van der Waals surface area contributed by atoms with Crippen molar-refractivity contribution in [1.29, 1.82) is 0 Å². The van der Waals surface area contributed by atoms with Crippen LogP contribution in [0.1, 0.15) is 51.9 Å². The number of benzene rings is 1. The van der Waals surface area contributed by atoms with Crippen molar-refractivity contribution < 1.29 is 12.8 Å². The smallest absolute Gasteiger partial charge is 0.232 e. The third-order valence-corrected chi connectivity index (χ3v) is 4.51. The number of halogens is 1. The minimum Gasteiger partial charge on any atom is -0.281 e. The molecule has 0 atom stereocenters. The molecule has 0 aliphatic carbocycles. The highest BCUT2D eigenvalue weighted by atomic mass is 32.2. The SMILES string of the molecule is CCCCCCCCCS(=O)(=O)Nc1ccccc1F. The van der Waals surface area contributed by atoms with E-state index in [9.17, 15) is 12.8 Å². The van der Waals surface area contributed by atoms with Gasteiger partial charge in [0.25, 0.3) is 0 Å². The lowest BCUT2D eigenvalue weighted by Gasteiger charge is -2.08. The number of sulfonamides is 1. The lowest BCUT2D eigenvalue weighted by atomic mass is 10.1. The predicted octanol–water partition coefficient (Wildman–Crippen LogP) is 4.32. The van der Waals surface area contributed by atoms with Crippen molar-refractivity contribution in [2.45, 2.75) is 51.9 Å². The first kappa shape index (κ1) is 17.0. The first-order chi connectivity index (χ1) is 9.55. The number of hydrogen-bond donors (Lipinski definition) is 1. The van der Waals surface area contributed by atoms with Gasteiger partial charge in [0.2, 0.25) is 10.0 Å². The minimum absolute atomic E-state index is 0.0236. The van der Waals surface area contributed by atoms with E-state index in [0.29, 0.717) is 6.42 Å². The third-order valence-electron chi connectivity index (χ3n) is 3.16. The topological polar surface area (TPSA) is 46.2 Å². The largest absolute Gasteiger partial charge is 0.281 e. The molecule has 0 radical (unpaired) electrons. The van der Waals surface area contributed by atoms with Gasteiger partial charge >= 0.3 is 0 Å². The average Bonchev–Trinajstić information content (AvgIpc) is 2.40. The van der Waals surface area contributed by atoms with Gasteiger partial charge in [-0.25, -0.2) is 12.8 Å². The van der Waals surface area contributed by atoms with Crippen LogP contribution >= 0.6 is 0 Å². The molecule has 0 aromatic heterocycles. The summed E-state index contributed by atoms with van der Waals surface area (Å²) in [4.78, 5) is 0. The number of rotatable bonds is 10. The molecule has 1 aromatic carbocycles. The number of hydrogen-bond acceptors (Lipinski definition) is 2. The van der Waals surface area contributed by atoms with E-state index in [-0.39, 0.29) is 11.4 Å². The molecule has 1 N–H and O–H groups in total. The van der Waals surface area contributed by atoms with Crippen LogP contribution in [0.25, 0.3) is 0 Å². The summed E-state index contributed by atoms with van der Waals surface area (Å²) in [6.07, 6.45) is 7.42. The Hall–Kier alpha value is -1.10. The maximum atomic E-state index is 13.4. The van der Waals surface area contributed by atoms with Crippen LogP contribution in [0.3, 0.4) is 0 Å². The van der Waals surface area contributed by atoms with Gasteiger partial charge in [0.15, 0.2) is 0 Å². The molecule has 0 saturated carbocycles. The summed E-state index contributed by atoms with van der Waals surface area (Å²) in [5, 5.41) is 0. The molecule has 0 saturated heterocycles. The number of para-hydroxylation sites is 1. The molecular formula is C15H24FNO2S. The van der Waals surface area contributed by atoms with Crippen LogP contribution < -0.4 is 4.72 Å². The van der Waals surface area contributed by atoms with Gasteiger partial charge in [-0.15, -0.1) is 0 Å². The first-order valence-corrected chi connectivity index (χ1v) is 8.95. The Morgan fingerprint density at radius 1 is 1.00 bits per heavy atom. The Morgan fingerprint density at radius 3 is 2.25 bits per heavy atom. The molecule has 0 spiro atoms. The van der Waals surface area contributed by atoms with Gasteiger partial charge in [0.1, 0.15) is 5.82 Å². The van der Waals surface area contributed by atoms with Crippen LogP contribution in [0.4, 0.5) is 10.1 Å². The Bertz CT molecular complexity index is 488. The van der Waals surface area contributed by atoms with Gasteiger partial charge in [-0.3, -0.25) is 4.72 Å². The standard InChI is InChI=1S/C15H24FNO2S/c1-2-3-4-5-6-7-10-13-20(18,19)17-15-12-9-8-11-14(15)16/h8-9,11-12,17H,2-7,10,13H2,1H3.